The fourth-order valence-corrected chi connectivity index (χ4v) is 3.07. The van der Waals surface area contributed by atoms with E-state index in [0.29, 0.717) is 18.7 Å². The molecule has 0 unspecified atom stereocenters. The van der Waals surface area contributed by atoms with Crippen molar-refractivity contribution in [1.29, 1.82) is 0 Å². The van der Waals surface area contributed by atoms with Gasteiger partial charge < -0.3 is 10.1 Å². The van der Waals surface area contributed by atoms with E-state index in [1.165, 1.54) is 3.57 Å². The summed E-state index contributed by atoms with van der Waals surface area (Å²) in [5.41, 5.74) is 4.82. The van der Waals surface area contributed by atoms with Crippen LogP contribution in [-0.2, 0) is 17.9 Å². The van der Waals surface area contributed by atoms with Gasteiger partial charge in [-0.2, -0.15) is 0 Å². The maximum absolute atomic E-state index is 12.5. The highest BCUT2D eigenvalue weighted by Crippen LogP contribution is 2.26. The van der Waals surface area contributed by atoms with Gasteiger partial charge in [-0.15, -0.1) is 0 Å². The molecular weight excluding hydrogens is 439 g/mol. The third kappa shape index (κ3) is 4.68. The average molecular weight is 458 g/mol. The van der Waals surface area contributed by atoms with E-state index in [9.17, 15) is 4.79 Å². The van der Waals surface area contributed by atoms with Crippen molar-refractivity contribution in [1.82, 2.24) is 10.3 Å². The average Bonchev–Trinajstić information content (AvgIpc) is 2.68. The fraction of sp³-hybridized carbons (Fsp3) is 0.143. The number of nitrogens with one attached hydrogen (secondary N) is 1. The summed E-state index contributed by atoms with van der Waals surface area (Å²) in [6, 6.07) is 17.8. The number of methoxy groups -OCH3 is 1. The number of benzene rings is 2. The lowest BCUT2D eigenvalue weighted by atomic mass is 9.97. The highest BCUT2D eigenvalue weighted by Gasteiger charge is 2.11. The SMILES string of the molecule is COCc1cc(C(=O)NCc2ccncc2)ccc1-c1ccc(I)cc1. The second-order valence-corrected chi connectivity index (χ2v) is 7.10. The normalized spacial score (nSPS) is 10.5. The van der Waals surface area contributed by atoms with Crippen LogP contribution in [0.15, 0.2) is 67.0 Å². The van der Waals surface area contributed by atoms with Gasteiger partial charge in [-0.05, 0) is 81.2 Å². The van der Waals surface area contributed by atoms with E-state index < -0.39 is 0 Å². The van der Waals surface area contributed by atoms with E-state index in [2.05, 4.69) is 57.2 Å². The predicted octanol–water partition coefficient (Wildman–Crippen LogP) is 4.43. The van der Waals surface area contributed by atoms with Crippen LogP contribution < -0.4 is 5.32 Å². The van der Waals surface area contributed by atoms with E-state index in [1.54, 1.807) is 19.5 Å². The first-order valence-electron chi connectivity index (χ1n) is 8.22. The number of rotatable bonds is 6. The molecule has 4 nitrogen and oxygen atoms in total. The van der Waals surface area contributed by atoms with Crippen LogP contribution in [0.1, 0.15) is 21.5 Å². The van der Waals surface area contributed by atoms with E-state index in [1.807, 2.05) is 30.3 Å². The van der Waals surface area contributed by atoms with Crippen molar-refractivity contribution in [2.24, 2.45) is 0 Å². The van der Waals surface area contributed by atoms with Gasteiger partial charge in [-0.1, -0.05) is 18.2 Å². The summed E-state index contributed by atoms with van der Waals surface area (Å²) in [5.74, 6) is -0.103. The molecule has 132 valence electrons. The Kier molecular flexibility index (Phi) is 6.35. The lowest BCUT2D eigenvalue weighted by Gasteiger charge is -2.12. The largest absolute Gasteiger partial charge is 0.380 e. The van der Waals surface area contributed by atoms with Crippen molar-refractivity contribution in [2.45, 2.75) is 13.2 Å². The summed E-state index contributed by atoms with van der Waals surface area (Å²) in [6.07, 6.45) is 3.43. The minimum absolute atomic E-state index is 0.103. The first kappa shape index (κ1) is 18.5. The van der Waals surface area contributed by atoms with Gasteiger partial charge in [0, 0.05) is 35.2 Å². The summed E-state index contributed by atoms with van der Waals surface area (Å²) in [6.45, 7) is 0.923. The van der Waals surface area contributed by atoms with Gasteiger partial charge in [-0.25, -0.2) is 0 Å². The number of aromatic nitrogens is 1. The number of nitrogens with zero attached hydrogens (tertiary/aromatic N) is 1. The molecular formula is C21H19IN2O2. The number of hydrogen-bond acceptors (Lipinski definition) is 3. The minimum atomic E-state index is -0.103. The van der Waals surface area contributed by atoms with E-state index in [-0.39, 0.29) is 5.91 Å². The monoisotopic (exact) mass is 458 g/mol. The maximum Gasteiger partial charge on any atom is 0.251 e. The molecule has 0 aliphatic carbocycles. The Morgan fingerprint density at radius 2 is 1.81 bits per heavy atom. The zero-order valence-electron chi connectivity index (χ0n) is 14.4. The van der Waals surface area contributed by atoms with Gasteiger partial charge in [0.05, 0.1) is 6.61 Å². The predicted molar refractivity (Wildman–Crippen MR) is 111 cm³/mol. The summed E-state index contributed by atoms with van der Waals surface area (Å²) in [4.78, 5) is 16.5. The second-order valence-electron chi connectivity index (χ2n) is 5.85. The van der Waals surface area contributed by atoms with Crippen LogP contribution >= 0.6 is 22.6 Å². The first-order valence-corrected chi connectivity index (χ1v) is 9.30. The summed E-state index contributed by atoms with van der Waals surface area (Å²) in [5, 5.41) is 2.94. The molecule has 5 heteroatoms. The Hall–Kier alpha value is -2.25. The second kappa shape index (κ2) is 8.91. The Morgan fingerprint density at radius 3 is 2.50 bits per heavy atom. The summed E-state index contributed by atoms with van der Waals surface area (Å²) < 4.78 is 6.52. The molecule has 0 saturated carbocycles. The van der Waals surface area contributed by atoms with Crippen LogP contribution in [0.2, 0.25) is 0 Å². The van der Waals surface area contributed by atoms with Crippen molar-refractivity contribution >= 4 is 28.5 Å². The zero-order valence-corrected chi connectivity index (χ0v) is 16.6. The van der Waals surface area contributed by atoms with E-state index >= 15 is 0 Å². The minimum Gasteiger partial charge on any atom is -0.380 e. The number of pyridine rings is 1. The van der Waals surface area contributed by atoms with Crippen molar-refractivity contribution < 1.29 is 9.53 Å². The Bertz CT molecular complexity index is 880. The number of amides is 1. The van der Waals surface area contributed by atoms with Crippen molar-refractivity contribution in [3.05, 3.63) is 87.3 Å². The van der Waals surface area contributed by atoms with Gasteiger partial charge in [0.15, 0.2) is 0 Å². The molecule has 0 fully saturated rings. The van der Waals surface area contributed by atoms with E-state index in [0.717, 1.165) is 22.3 Å². The van der Waals surface area contributed by atoms with Crippen molar-refractivity contribution in [2.75, 3.05) is 7.11 Å². The smallest absolute Gasteiger partial charge is 0.251 e. The first-order chi connectivity index (χ1) is 12.7. The number of carbonyl (C=O) groups is 1. The van der Waals surface area contributed by atoms with Crippen LogP contribution in [0.5, 0.6) is 0 Å². The Balaban J connectivity index is 1.81. The molecule has 0 aliphatic rings. The molecule has 1 N–H and O–H groups in total. The maximum atomic E-state index is 12.5. The standard InChI is InChI=1S/C21H19IN2O2/c1-26-14-18-12-17(21(25)24-13-15-8-10-23-11-9-15)4-7-20(18)16-2-5-19(22)6-3-16/h2-12H,13-14H2,1H3,(H,24,25). The molecule has 0 bridgehead atoms. The third-order valence-electron chi connectivity index (χ3n) is 4.02. The van der Waals surface area contributed by atoms with Crippen molar-refractivity contribution in [3.8, 4) is 11.1 Å². The lowest BCUT2D eigenvalue weighted by Crippen LogP contribution is -2.23. The van der Waals surface area contributed by atoms with Crippen LogP contribution in [0.4, 0.5) is 0 Å². The van der Waals surface area contributed by atoms with Gasteiger partial charge in [0.2, 0.25) is 0 Å². The Morgan fingerprint density at radius 1 is 1.08 bits per heavy atom. The van der Waals surface area contributed by atoms with Gasteiger partial charge >= 0.3 is 0 Å². The quantitative estimate of drug-likeness (QED) is 0.557. The number of carbonyl (C=O) groups excluding carboxylic acids is 1. The Labute approximate surface area is 166 Å². The number of ether oxygens (including phenoxy) is 1. The van der Waals surface area contributed by atoms with E-state index in [4.69, 9.17) is 4.74 Å². The molecule has 0 radical (unpaired) electrons. The molecule has 3 aromatic rings. The van der Waals surface area contributed by atoms with Crippen LogP contribution in [0.3, 0.4) is 0 Å². The molecule has 1 aromatic heterocycles. The highest BCUT2D eigenvalue weighted by atomic mass is 127. The summed E-state index contributed by atoms with van der Waals surface area (Å²) in [7, 11) is 1.66. The topological polar surface area (TPSA) is 51.2 Å². The molecule has 0 aliphatic heterocycles. The highest BCUT2D eigenvalue weighted by molar-refractivity contribution is 14.1. The number of hydrogen-bond donors (Lipinski definition) is 1. The molecule has 1 heterocycles. The molecule has 2 aromatic carbocycles. The zero-order chi connectivity index (χ0) is 18.4. The third-order valence-corrected chi connectivity index (χ3v) is 4.74. The molecule has 0 saturated heterocycles. The molecule has 26 heavy (non-hydrogen) atoms. The molecule has 0 spiro atoms. The molecule has 1 amide bonds. The van der Waals surface area contributed by atoms with Crippen LogP contribution in [0, 0.1) is 3.57 Å². The van der Waals surface area contributed by atoms with Crippen LogP contribution in [-0.4, -0.2) is 18.0 Å². The summed E-state index contributed by atoms with van der Waals surface area (Å²) >= 11 is 2.29. The molecule has 3 rings (SSSR count). The van der Waals surface area contributed by atoms with Gasteiger partial charge in [0.1, 0.15) is 0 Å². The lowest BCUT2D eigenvalue weighted by molar-refractivity contribution is 0.0950. The van der Waals surface area contributed by atoms with Gasteiger partial charge in [-0.3, -0.25) is 9.78 Å². The van der Waals surface area contributed by atoms with Crippen molar-refractivity contribution in [3.63, 3.8) is 0 Å². The van der Waals surface area contributed by atoms with Crippen LogP contribution in [0.25, 0.3) is 11.1 Å². The molecule has 0 atom stereocenters. The van der Waals surface area contributed by atoms with Gasteiger partial charge in [0.25, 0.3) is 5.91 Å². The fourth-order valence-electron chi connectivity index (χ4n) is 2.71. The number of halogens is 1.